The van der Waals surface area contributed by atoms with E-state index in [1.807, 2.05) is 66.7 Å². The Morgan fingerprint density at radius 1 is 0.903 bits per heavy atom. The molecule has 0 saturated heterocycles. The Labute approximate surface area is 177 Å². The van der Waals surface area contributed by atoms with Crippen molar-refractivity contribution in [1.29, 1.82) is 0 Å². The van der Waals surface area contributed by atoms with E-state index in [1.54, 1.807) is 10.7 Å². The molecule has 2 aromatic heterocycles. The lowest BCUT2D eigenvalue weighted by Gasteiger charge is -2.20. The van der Waals surface area contributed by atoms with E-state index in [0.29, 0.717) is 16.6 Å². The number of anilines is 1. The number of hydrogen-bond donors (Lipinski definition) is 2. The summed E-state index contributed by atoms with van der Waals surface area (Å²) in [6, 6.07) is 25.0. The highest BCUT2D eigenvalue weighted by molar-refractivity contribution is 5.76. The maximum atomic E-state index is 13.9. The molecule has 0 amide bonds. The highest BCUT2D eigenvalue weighted by Crippen LogP contribution is 2.26. The van der Waals surface area contributed by atoms with E-state index in [2.05, 4.69) is 20.4 Å². The summed E-state index contributed by atoms with van der Waals surface area (Å²) in [7, 11) is 0. The minimum atomic E-state index is -0.411. The van der Waals surface area contributed by atoms with Gasteiger partial charge in [0, 0.05) is 0 Å². The third-order valence-electron chi connectivity index (χ3n) is 5.03. The van der Waals surface area contributed by atoms with Crippen LogP contribution < -0.4 is 10.9 Å². The maximum absolute atomic E-state index is 13.9. The summed E-state index contributed by atoms with van der Waals surface area (Å²) in [5, 5.41) is 7.98. The molecule has 31 heavy (non-hydrogen) atoms. The fourth-order valence-electron chi connectivity index (χ4n) is 3.57. The monoisotopic (exact) mass is 411 g/mol. The van der Waals surface area contributed by atoms with Crippen molar-refractivity contribution in [3.05, 3.63) is 118 Å². The van der Waals surface area contributed by atoms with Gasteiger partial charge in [-0.05, 0) is 35.4 Å². The highest BCUT2D eigenvalue weighted by Gasteiger charge is 2.18. The van der Waals surface area contributed by atoms with Crippen molar-refractivity contribution in [3.63, 3.8) is 0 Å². The first-order valence-electron chi connectivity index (χ1n) is 9.79. The van der Waals surface area contributed by atoms with Crippen LogP contribution >= 0.6 is 0 Å². The summed E-state index contributed by atoms with van der Waals surface area (Å²) in [5.74, 6) is -0.0624. The van der Waals surface area contributed by atoms with E-state index >= 15 is 0 Å². The molecule has 5 aromatic rings. The first-order valence-corrected chi connectivity index (χ1v) is 9.79. The quantitative estimate of drug-likeness (QED) is 0.448. The van der Waals surface area contributed by atoms with Gasteiger partial charge in [-0.1, -0.05) is 60.7 Å². The van der Waals surface area contributed by atoms with Crippen molar-refractivity contribution in [1.82, 2.24) is 19.7 Å². The number of aromatic nitrogens is 4. The number of aromatic amines is 1. The number of H-pyrrole nitrogens is 1. The van der Waals surface area contributed by atoms with Crippen molar-refractivity contribution in [3.8, 4) is 5.69 Å². The van der Waals surface area contributed by atoms with Crippen LogP contribution in [0.3, 0.4) is 0 Å². The molecule has 0 saturated carbocycles. The Morgan fingerprint density at radius 2 is 1.61 bits per heavy atom. The van der Waals surface area contributed by atoms with Gasteiger partial charge in [0.25, 0.3) is 5.56 Å². The van der Waals surface area contributed by atoms with Gasteiger partial charge >= 0.3 is 0 Å². The molecule has 2 heterocycles. The zero-order valence-electron chi connectivity index (χ0n) is 16.4. The molecule has 7 heteroatoms. The summed E-state index contributed by atoms with van der Waals surface area (Å²) in [4.78, 5) is 20.1. The van der Waals surface area contributed by atoms with Gasteiger partial charge in [-0.25, -0.2) is 9.07 Å². The Kier molecular flexibility index (Phi) is 4.76. The van der Waals surface area contributed by atoms with Crippen LogP contribution in [0.25, 0.3) is 16.7 Å². The lowest BCUT2D eigenvalue weighted by molar-refractivity contribution is 0.624. The number of fused-ring (bicyclic) bond motifs is 1. The van der Waals surface area contributed by atoms with Crippen LogP contribution in [-0.4, -0.2) is 19.7 Å². The smallest absolute Gasteiger partial charge is 0.263 e. The highest BCUT2D eigenvalue weighted by atomic mass is 19.1. The Balaban J connectivity index is 1.61. The first-order chi connectivity index (χ1) is 15.2. The van der Waals surface area contributed by atoms with Gasteiger partial charge in [0.05, 0.1) is 17.9 Å². The minimum absolute atomic E-state index is 0.272. The summed E-state index contributed by atoms with van der Waals surface area (Å²) in [6.07, 6.45) is 1.50. The van der Waals surface area contributed by atoms with Crippen LogP contribution in [0.5, 0.6) is 0 Å². The second kappa shape index (κ2) is 7.87. The predicted octanol–water partition coefficient (Wildman–Crippen LogP) is 4.45. The van der Waals surface area contributed by atoms with Gasteiger partial charge < -0.3 is 5.32 Å². The second-order valence-corrected chi connectivity index (χ2v) is 7.09. The average Bonchev–Trinajstić information content (AvgIpc) is 3.23. The van der Waals surface area contributed by atoms with Crippen LogP contribution in [0.1, 0.15) is 17.2 Å². The fourth-order valence-corrected chi connectivity index (χ4v) is 3.57. The van der Waals surface area contributed by atoms with Gasteiger partial charge in [-0.2, -0.15) is 10.1 Å². The molecule has 3 aromatic carbocycles. The normalized spacial score (nSPS) is 12.0. The number of rotatable bonds is 5. The van der Waals surface area contributed by atoms with E-state index < -0.39 is 6.04 Å². The molecule has 0 spiro atoms. The van der Waals surface area contributed by atoms with Gasteiger partial charge in [-0.3, -0.25) is 9.78 Å². The van der Waals surface area contributed by atoms with Crippen LogP contribution in [-0.2, 0) is 0 Å². The van der Waals surface area contributed by atoms with Crippen molar-refractivity contribution in [2.75, 3.05) is 5.32 Å². The molecule has 1 unspecified atom stereocenters. The van der Waals surface area contributed by atoms with Crippen molar-refractivity contribution in [2.24, 2.45) is 0 Å². The Bertz CT molecular complexity index is 1400. The molecule has 0 fully saturated rings. The molecule has 6 nitrogen and oxygen atoms in total. The summed E-state index contributed by atoms with van der Waals surface area (Å²) in [6.45, 7) is 0. The standard InChI is InChI=1S/C24H18FN5O/c25-18-11-7-10-17(14-18)21(16-8-3-1-4-9-16)27-24-28-22-20(23(31)29-24)15-26-30(22)19-12-5-2-6-13-19/h1-15,21H,(H2,27,28,29,31). The Hall–Kier alpha value is -4.26. The number of hydrogen-bond acceptors (Lipinski definition) is 4. The average molecular weight is 411 g/mol. The second-order valence-electron chi connectivity index (χ2n) is 7.09. The number of para-hydroxylation sites is 1. The number of halogens is 1. The number of nitrogens with one attached hydrogen (secondary N) is 2. The molecular formula is C24H18FN5O. The first kappa shape index (κ1) is 18.7. The van der Waals surface area contributed by atoms with Crippen LogP contribution in [0.4, 0.5) is 10.3 Å². The minimum Gasteiger partial charge on any atom is -0.345 e. The lowest BCUT2D eigenvalue weighted by atomic mass is 9.99. The van der Waals surface area contributed by atoms with Gasteiger partial charge in [0.1, 0.15) is 11.2 Å². The van der Waals surface area contributed by atoms with Gasteiger partial charge in [-0.15, -0.1) is 0 Å². The largest absolute Gasteiger partial charge is 0.345 e. The van der Waals surface area contributed by atoms with Crippen molar-refractivity contribution >= 4 is 17.0 Å². The van der Waals surface area contributed by atoms with E-state index in [9.17, 15) is 9.18 Å². The van der Waals surface area contributed by atoms with Gasteiger partial charge in [0.2, 0.25) is 5.95 Å². The van der Waals surface area contributed by atoms with Crippen LogP contribution in [0, 0.1) is 5.82 Å². The molecule has 152 valence electrons. The van der Waals surface area contributed by atoms with E-state index in [1.165, 1.54) is 18.3 Å². The topological polar surface area (TPSA) is 75.6 Å². The van der Waals surface area contributed by atoms with Crippen LogP contribution in [0.15, 0.2) is 95.9 Å². The molecule has 1 atom stereocenters. The third kappa shape index (κ3) is 3.69. The van der Waals surface area contributed by atoms with Gasteiger partial charge in [0.15, 0.2) is 5.65 Å². The van der Waals surface area contributed by atoms with Crippen LogP contribution in [0.2, 0.25) is 0 Å². The molecule has 0 aliphatic carbocycles. The zero-order chi connectivity index (χ0) is 21.2. The van der Waals surface area contributed by atoms with E-state index in [-0.39, 0.29) is 17.3 Å². The molecule has 2 N–H and O–H groups in total. The molecule has 0 bridgehead atoms. The van der Waals surface area contributed by atoms with Crippen molar-refractivity contribution < 1.29 is 4.39 Å². The maximum Gasteiger partial charge on any atom is 0.263 e. The zero-order valence-corrected chi connectivity index (χ0v) is 16.4. The molecular weight excluding hydrogens is 393 g/mol. The Morgan fingerprint density at radius 3 is 2.35 bits per heavy atom. The van der Waals surface area contributed by atoms with Crippen molar-refractivity contribution in [2.45, 2.75) is 6.04 Å². The number of benzene rings is 3. The lowest BCUT2D eigenvalue weighted by Crippen LogP contribution is -2.18. The summed E-state index contributed by atoms with van der Waals surface area (Å²) < 4.78 is 15.6. The number of nitrogens with zero attached hydrogens (tertiary/aromatic N) is 3. The molecule has 0 radical (unpaired) electrons. The molecule has 5 rings (SSSR count). The summed E-state index contributed by atoms with van der Waals surface area (Å²) >= 11 is 0. The predicted molar refractivity (Wildman–Crippen MR) is 118 cm³/mol. The SMILES string of the molecule is O=c1[nH]c(NC(c2ccccc2)c2cccc(F)c2)nc2c1cnn2-c1ccccc1. The molecule has 0 aliphatic heterocycles. The fraction of sp³-hybridized carbons (Fsp3) is 0.0417. The molecule has 0 aliphatic rings. The van der Waals surface area contributed by atoms with E-state index in [4.69, 9.17) is 0 Å². The van der Waals surface area contributed by atoms with E-state index in [0.717, 1.165) is 11.3 Å². The third-order valence-corrected chi connectivity index (χ3v) is 5.03. The summed E-state index contributed by atoms with van der Waals surface area (Å²) in [5.41, 5.74) is 2.55.